The Morgan fingerprint density at radius 2 is 1.54 bits per heavy atom. The van der Waals surface area contributed by atoms with Gasteiger partial charge in [0.2, 0.25) is 0 Å². The highest BCUT2D eigenvalue weighted by molar-refractivity contribution is 5.84. The van der Waals surface area contributed by atoms with Crippen molar-refractivity contribution in [3.05, 3.63) is 66.2 Å². The minimum absolute atomic E-state index is 0.0906. The van der Waals surface area contributed by atoms with Gasteiger partial charge in [-0.05, 0) is 131 Å². The maximum absolute atomic E-state index is 12.5. The van der Waals surface area contributed by atoms with E-state index in [0.717, 1.165) is 62.2 Å². The summed E-state index contributed by atoms with van der Waals surface area (Å²) in [7, 11) is 1.64. The summed E-state index contributed by atoms with van der Waals surface area (Å²) < 4.78 is 21.2. The Kier molecular flexibility index (Phi) is 17.5. The van der Waals surface area contributed by atoms with E-state index in [1.54, 1.807) is 7.11 Å². The average molecular weight is 662 g/mol. The van der Waals surface area contributed by atoms with E-state index in [2.05, 4.69) is 19.6 Å². The second-order valence-corrected chi connectivity index (χ2v) is 12.9. The number of ether oxygens (including phenoxy) is 4. The molecule has 48 heavy (non-hydrogen) atoms. The molecule has 0 unspecified atom stereocenters. The van der Waals surface area contributed by atoms with Crippen LogP contribution in [0.15, 0.2) is 55.1 Å². The lowest BCUT2D eigenvalue weighted by Gasteiger charge is -2.29. The van der Waals surface area contributed by atoms with Crippen molar-refractivity contribution < 1.29 is 33.3 Å². The number of rotatable bonds is 17. The molecule has 2 fully saturated rings. The zero-order valence-electron chi connectivity index (χ0n) is 29.0. The summed E-state index contributed by atoms with van der Waals surface area (Å²) in [6.45, 7) is 6.76. The molecule has 2 aliphatic carbocycles. The summed E-state index contributed by atoms with van der Waals surface area (Å²) in [5, 5.41) is 7.77. The Bertz CT molecular complexity index is 1270. The molecule has 2 aromatic carbocycles. The number of nitrogens with one attached hydrogen (secondary N) is 1. The van der Waals surface area contributed by atoms with Crippen LogP contribution in [0.5, 0.6) is 17.2 Å². The summed E-state index contributed by atoms with van der Waals surface area (Å²) in [6.07, 6.45) is 18.0. The van der Waals surface area contributed by atoms with Crippen LogP contribution in [0.25, 0.3) is 0 Å². The second kappa shape index (κ2) is 21.8. The molecule has 0 heterocycles. The Morgan fingerprint density at radius 1 is 0.875 bits per heavy atom. The molecule has 0 aliphatic heterocycles. The molecule has 1 N–H and O–H groups in total. The molecule has 8 nitrogen and oxygen atoms in total. The Hall–Kier alpha value is -3.94. The fourth-order valence-electron chi connectivity index (χ4n) is 6.55. The lowest BCUT2D eigenvalue weighted by Crippen LogP contribution is -2.26. The van der Waals surface area contributed by atoms with Crippen LogP contribution in [-0.2, 0) is 19.1 Å². The summed E-state index contributed by atoms with van der Waals surface area (Å²) in [6, 6.07) is 13.5. The largest absolute Gasteiger partial charge is 0.497 e. The molecule has 0 atom stereocenters. The zero-order valence-corrected chi connectivity index (χ0v) is 29.0. The molecule has 2 aliphatic rings. The van der Waals surface area contributed by atoms with Gasteiger partial charge in [-0.15, -0.1) is 0 Å². The third-order valence-electron chi connectivity index (χ3n) is 9.49. The van der Waals surface area contributed by atoms with E-state index in [1.165, 1.54) is 56.4 Å². The minimum atomic E-state index is -0.354. The molecule has 0 amide bonds. The first-order chi connectivity index (χ1) is 23.4. The fourth-order valence-corrected chi connectivity index (χ4v) is 6.55. The summed E-state index contributed by atoms with van der Waals surface area (Å²) in [4.78, 5) is 34.2. The smallest absolute Gasteiger partial charge is 0.330 e. The second-order valence-electron chi connectivity index (χ2n) is 12.9. The highest BCUT2D eigenvalue weighted by Crippen LogP contribution is 2.39. The number of hydrogen-bond acceptors (Lipinski definition) is 8. The van der Waals surface area contributed by atoms with E-state index in [0.29, 0.717) is 43.3 Å². The van der Waals surface area contributed by atoms with Gasteiger partial charge in [-0.3, -0.25) is 4.79 Å². The van der Waals surface area contributed by atoms with Crippen LogP contribution >= 0.6 is 0 Å². The Balaban J connectivity index is 0.000000277. The van der Waals surface area contributed by atoms with Gasteiger partial charge in [0.05, 0.1) is 26.2 Å². The van der Waals surface area contributed by atoms with E-state index in [-0.39, 0.29) is 23.8 Å². The molecule has 0 aromatic heterocycles. The van der Waals surface area contributed by atoms with E-state index < -0.39 is 0 Å². The monoisotopic (exact) mass is 661 g/mol. The van der Waals surface area contributed by atoms with Crippen LogP contribution in [0.2, 0.25) is 0 Å². The van der Waals surface area contributed by atoms with Crippen molar-refractivity contribution in [2.24, 2.45) is 17.8 Å². The zero-order chi connectivity index (χ0) is 34.6. The minimum Gasteiger partial charge on any atom is -0.497 e. The topological polar surface area (TPSA) is 112 Å². The van der Waals surface area contributed by atoms with E-state index in [4.69, 9.17) is 24.4 Å². The van der Waals surface area contributed by atoms with Crippen molar-refractivity contribution in [1.82, 2.24) is 0 Å². The maximum atomic E-state index is 12.5. The lowest BCUT2D eigenvalue weighted by molar-refractivity contribution is -0.140. The van der Waals surface area contributed by atoms with Gasteiger partial charge in [-0.1, -0.05) is 32.4 Å². The van der Waals surface area contributed by atoms with Crippen LogP contribution in [0.1, 0.15) is 114 Å². The number of aldehydes is 1. The highest BCUT2D eigenvalue weighted by atomic mass is 16.5. The van der Waals surface area contributed by atoms with Crippen molar-refractivity contribution in [3.63, 3.8) is 0 Å². The maximum Gasteiger partial charge on any atom is 0.330 e. The number of carbonyl (C=O) groups is 3. The first kappa shape index (κ1) is 38.5. The molecular weight excluding hydrogens is 606 g/mol. The quantitative estimate of drug-likeness (QED) is 0.0450. The summed E-state index contributed by atoms with van der Waals surface area (Å²) in [5.41, 5.74) is 1.95. The van der Waals surface area contributed by atoms with Crippen molar-refractivity contribution in [2.45, 2.75) is 103 Å². The number of benzene rings is 2. The normalized spacial score (nSPS) is 20.3. The van der Waals surface area contributed by atoms with Gasteiger partial charge in [0.15, 0.2) is 0 Å². The van der Waals surface area contributed by atoms with Crippen LogP contribution < -0.4 is 14.2 Å². The molecule has 0 bridgehead atoms. The fraction of sp³-hybridized carbons (Fsp3) is 0.550. The van der Waals surface area contributed by atoms with Crippen LogP contribution in [0.4, 0.5) is 0 Å². The molecular formula is C40H55NO7. The van der Waals surface area contributed by atoms with Crippen molar-refractivity contribution in [3.8, 4) is 17.2 Å². The molecule has 2 aromatic rings. The van der Waals surface area contributed by atoms with Crippen LogP contribution in [0, 0.1) is 23.2 Å². The number of unbranched alkanes of at least 4 members (excludes halogenated alkanes) is 3. The van der Waals surface area contributed by atoms with E-state index in [9.17, 15) is 14.4 Å². The third-order valence-corrected chi connectivity index (χ3v) is 9.49. The number of carbonyl (C=O) groups excluding carboxylic acids is 3. The summed E-state index contributed by atoms with van der Waals surface area (Å²) in [5.74, 6) is 2.97. The molecule has 4 rings (SSSR count). The standard InChI is InChI=1S/C24H33NO3.C16H22O4/c1-2-3-17-4-8-19(9-5-17)21-12-13-23(22(14-21)15-25)28-24(27)20-10-6-18(16-26)7-11-20;1-3-16(17)20-13-7-5-4-6-12-19-15-10-8-14(18-2)9-11-15/h12-20,25H,2-11H2,1H3;3,8-11H,1,4-7,12-13H2,2H3. The molecule has 0 radical (unpaired) electrons. The van der Waals surface area contributed by atoms with E-state index in [1.807, 2.05) is 36.4 Å². The predicted molar refractivity (Wildman–Crippen MR) is 189 cm³/mol. The number of hydrogen-bond donors (Lipinski definition) is 1. The van der Waals surface area contributed by atoms with Crippen molar-refractivity contribution in [1.29, 1.82) is 5.41 Å². The van der Waals surface area contributed by atoms with Gasteiger partial charge >= 0.3 is 11.9 Å². The molecule has 0 saturated heterocycles. The predicted octanol–water partition coefficient (Wildman–Crippen LogP) is 9.03. The molecule has 0 spiro atoms. The van der Waals surface area contributed by atoms with Crippen molar-refractivity contribution >= 4 is 24.4 Å². The highest BCUT2D eigenvalue weighted by Gasteiger charge is 2.28. The first-order valence-electron chi connectivity index (χ1n) is 17.8. The van der Waals surface area contributed by atoms with Crippen molar-refractivity contribution in [2.75, 3.05) is 20.3 Å². The van der Waals surface area contributed by atoms with Gasteiger partial charge in [0.25, 0.3) is 0 Å². The lowest BCUT2D eigenvalue weighted by atomic mass is 9.77. The first-order valence-corrected chi connectivity index (χ1v) is 17.8. The SMILES string of the molecule is C=CC(=O)OCCCCCCOc1ccc(OC)cc1.CCCC1CCC(c2ccc(OC(=O)C3CCC(C=O)CC3)c(C=N)c2)CC1. The van der Waals surface area contributed by atoms with Gasteiger partial charge in [0, 0.05) is 23.8 Å². The van der Waals surface area contributed by atoms with Crippen LogP contribution in [0.3, 0.4) is 0 Å². The van der Waals surface area contributed by atoms with Gasteiger partial charge < -0.3 is 29.2 Å². The average Bonchev–Trinajstić information content (AvgIpc) is 3.13. The van der Waals surface area contributed by atoms with Gasteiger partial charge in [-0.2, -0.15) is 0 Å². The Labute approximate surface area is 287 Å². The van der Waals surface area contributed by atoms with Gasteiger partial charge in [0.1, 0.15) is 23.5 Å². The van der Waals surface area contributed by atoms with Crippen LogP contribution in [-0.4, -0.2) is 44.8 Å². The number of esters is 2. The summed E-state index contributed by atoms with van der Waals surface area (Å²) >= 11 is 0. The third kappa shape index (κ3) is 13.3. The van der Waals surface area contributed by atoms with Gasteiger partial charge in [-0.25, -0.2) is 4.79 Å². The van der Waals surface area contributed by atoms with E-state index >= 15 is 0 Å². The number of methoxy groups -OCH3 is 1. The Morgan fingerprint density at radius 3 is 2.15 bits per heavy atom. The molecule has 262 valence electrons. The molecule has 2 saturated carbocycles. The molecule has 8 heteroatoms.